The highest BCUT2D eigenvalue weighted by atomic mass is 35.5. The van der Waals surface area contributed by atoms with Crippen molar-refractivity contribution in [3.05, 3.63) is 57.0 Å². The third-order valence-corrected chi connectivity index (χ3v) is 8.65. The molecule has 208 valence electrons. The number of anilines is 1. The number of nitrogens with zero attached hydrogens (tertiary/aromatic N) is 2. The molecule has 0 spiro atoms. The Kier molecular flexibility index (Phi) is 10.6. The smallest absolute Gasteiger partial charge is 0.244 e. The van der Waals surface area contributed by atoms with Crippen molar-refractivity contribution in [2.45, 2.75) is 57.7 Å². The second-order valence-corrected chi connectivity index (χ2v) is 12.5. The van der Waals surface area contributed by atoms with E-state index >= 15 is 0 Å². The molecule has 1 atom stereocenters. The van der Waals surface area contributed by atoms with Crippen molar-refractivity contribution in [2.24, 2.45) is 0 Å². The predicted molar refractivity (Wildman–Crippen MR) is 152 cm³/mol. The van der Waals surface area contributed by atoms with Crippen molar-refractivity contribution >= 4 is 62.3 Å². The molecule has 0 aromatic heterocycles. The molecule has 1 aliphatic carbocycles. The van der Waals surface area contributed by atoms with Crippen LogP contribution in [0.5, 0.6) is 5.75 Å². The van der Waals surface area contributed by atoms with Crippen LogP contribution in [0.25, 0.3) is 0 Å². The summed E-state index contributed by atoms with van der Waals surface area (Å²) in [5.74, 6) is -0.668. The van der Waals surface area contributed by atoms with Gasteiger partial charge in [-0.3, -0.25) is 13.9 Å². The molecular formula is C26H32Cl3N3O5S. The summed E-state index contributed by atoms with van der Waals surface area (Å²) in [5.41, 5.74) is 0.751. The van der Waals surface area contributed by atoms with Crippen LogP contribution in [0.2, 0.25) is 15.1 Å². The van der Waals surface area contributed by atoms with Crippen molar-refractivity contribution in [1.82, 2.24) is 10.2 Å². The molecule has 0 saturated heterocycles. The maximum absolute atomic E-state index is 13.8. The van der Waals surface area contributed by atoms with E-state index in [2.05, 4.69) is 5.32 Å². The van der Waals surface area contributed by atoms with Crippen LogP contribution >= 0.6 is 34.8 Å². The predicted octanol–water partition coefficient (Wildman–Crippen LogP) is 5.29. The van der Waals surface area contributed by atoms with Gasteiger partial charge in [0.2, 0.25) is 21.8 Å². The fourth-order valence-corrected chi connectivity index (χ4v) is 5.77. The van der Waals surface area contributed by atoms with Gasteiger partial charge < -0.3 is 15.0 Å². The van der Waals surface area contributed by atoms with Crippen LogP contribution in [-0.4, -0.2) is 57.1 Å². The van der Waals surface area contributed by atoms with E-state index < -0.39 is 28.5 Å². The molecule has 1 fully saturated rings. The molecule has 0 radical (unpaired) electrons. The van der Waals surface area contributed by atoms with Crippen molar-refractivity contribution in [3.8, 4) is 5.75 Å². The summed E-state index contributed by atoms with van der Waals surface area (Å²) in [6.07, 6.45) is 5.97. The zero-order valence-corrected chi connectivity index (χ0v) is 24.6. The van der Waals surface area contributed by atoms with Gasteiger partial charge in [-0.25, -0.2) is 8.42 Å². The van der Waals surface area contributed by atoms with Crippen LogP contribution in [0.3, 0.4) is 0 Å². The third-order valence-electron chi connectivity index (χ3n) is 6.54. The Balaban J connectivity index is 1.94. The topological polar surface area (TPSA) is 96.0 Å². The molecule has 38 heavy (non-hydrogen) atoms. The molecular weight excluding hydrogens is 573 g/mol. The highest BCUT2D eigenvalue weighted by Gasteiger charge is 2.32. The number of methoxy groups -OCH3 is 1. The second-order valence-electron chi connectivity index (χ2n) is 9.38. The molecule has 1 N–H and O–H groups in total. The first-order valence-corrected chi connectivity index (χ1v) is 15.2. The van der Waals surface area contributed by atoms with Gasteiger partial charge in [0, 0.05) is 17.6 Å². The summed E-state index contributed by atoms with van der Waals surface area (Å²) in [5, 5.41) is 3.98. The number of benzene rings is 2. The van der Waals surface area contributed by atoms with Crippen LogP contribution in [0.15, 0.2) is 36.4 Å². The first kappa shape index (κ1) is 30.3. The fourth-order valence-electron chi connectivity index (χ4n) is 4.44. The first-order chi connectivity index (χ1) is 17.9. The van der Waals surface area contributed by atoms with Gasteiger partial charge in [-0.2, -0.15) is 0 Å². The van der Waals surface area contributed by atoms with Crippen LogP contribution in [0, 0.1) is 0 Å². The normalized spacial score (nSPS) is 15.0. The first-order valence-electron chi connectivity index (χ1n) is 12.3. The Morgan fingerprint density at radius 1 is 1.05 bits per heavy atom. The van der Waals surface area contributed by atoms with Gasteiger partial charge in [0.05, 0.1) is 29.1 Å². The van der Waals surface area contributed by atoms with Gasteiger partial charge in [-0.1, -0.05) is 60.1 Å². The van der Waals surface area contributed by atoms with Crippen molar-refractivity contribution in [3.63, 3.8) is 0 Å². The maximum Gasteiger partial charge on any atom is 0.244 e. The van der Waals surface area contributed by atoms with Gasteiger partial charge in [0.1, 0.15) is 18.3 Å². The number of carbonyl (C=O) groups excluding carboxylic acids is 2. The summed E-state index contributed by atoms with van der Waals surface area (Å²) in [4.78, 5) is 28.3. The molecule has 0 bridgehead atoms. The summed E-state index contributed by atoms with van der Waals surface area (Å²) < 4.78 is 31.9. The number of hydrogen-bond donors (Lipinski definition) is 1. The zero-order valence-electron chi connectivity index (χ0n) is 21.5. The van der Waals surface area contributed by atoms with E-state index in [0.717, 1.165) is 42.7 Å². The van der Waals surface area contributed by atoms with Crippen molar-refractivity contribution < 1.29 is 22.7 Å². The summed E-state index contributed by atoms with van der Waals surface area (Å²) in [6, 6.07) is 8.57. The average molecular weight is 605 g/mol. The Morgan fingerprint density at radius 3 is 2.34 bits per heavy atom. The lowest BCUT2D eigenvalue weighted by atomic mass is 9.95. The summed E-state index contributed by atoms with van der Waals surface area (Å²) >= 11 is 18.4. The van der Waals surface area contributed by atoms with Crippen LogP contribution < -0.4 is 14.4 Å². The van der Waals surface area contributed by atoms with Gasteiger partial charge >= 0.3 is 0 Å². The average Bonchev–Trinajstić information content (AvgIpc) is 2.87. The molecule has 2 aromatic carbocycles. The maximum atomic E-state index is 13.8. The fraction of sp³-hybridized carbons (Fsp3) is 0.462. The molecule has 0 heterocycles. The highest BCUT2D eigenvalue weighted by molar-refractivity contribution is 7.92. The molecule has 1 aliphatic rings. The lowest BCUT2D eigenvalue weighted by Gasteiger charge is -2.33. The third kappa shape index (κ3) is 7.91. The van der Waals surface area contributed by atoms with E-state index in [1.807, 2.05) is 0 Å². The SMILES string of the molecule is COc1ccc(Cl)cc1N(CC(=O)N(Cc1ccc(Cl)c(Cl)c1)[C@H](C)C(=O)NC1CCCCC1)S(C)(=O)=O. The summed E-state index contributed by atoms with van der Waals surface area (Å²) in [6.45, 7) is 1.06. The lowest BCUT2D eigenvalue weighted by molar-refractivity contribution is -0.139. The minimum Gasteiger partial charge on any atom is -0.495 e. The molecule has 3 rings (SSSR count). The number of halogens is 3. The standard InChI is InChI=1S/C26H32Cl3N3O5S/c1-17(26(34)30-20-7-5-4-6-8-20)31(15-18-9-11-21(28)22(29)13-18)25(33)16-32(38(3,35)36)23-14-19(27)10-12-24(23)37-2/h9-14,17,20H,4-8,15-16H2,1-3H3,(H,30,34)/t17-/m1/s1. The number of nitrogens with one attached hydrogen (secondary N) is 1. The largest absolute Gasteiger partial charge is 0.495 e. The van der Waals surface area contributed by atoms with Gasteiger partial charge in [0.25, 0.3) is 0 Å². The van der Waals surface area contributed by atoms with Crippen LogP contribution in [0.4, 0.5) is 5.69 Å². The number of rotatable bonds is 10. The molecule has 1 saturated carbocycles. The Bertz CT molecular complexity index is 1270. The van der Waals surface area contributed by atoms with E-state index in [4.69, 9.17) is 39.5 Å². The minimum atomic E-state index is -3.94. The van der Waals surface area contributed by atoms with Crippen LogP contribution in [0.1, 0.15) is 44.6 Å². The number of amides is 2. The Hall–Kier alpha value is -2.20. The molecule has 2 amide bonds. The quantitative estimate of drug-likeness (QED) is 0.398. The Labute approximate surface area is 239 Å². The van der Waals surface area contributed by atoms with Crippen LogP contribution in [-0.2, 0) is 26.2 Å². The lowest BCUT2D eigenvalue weighted by Crippen LogP contribution is -2.53. The Morgan fingerprint density at radius 2 is 1.74 bits per heavy atom. The molecule has 2 aromatic rings. The minimum absolute atomic E-state index is 0.0132. The highest BCUT2D eigenvalue weighted by Crippen LogP contribution is 2.33. The van der Waals surface area contributed by atoms with Gasteiger partial charge in [0.15, 0.2) is 0 Å². The molecule has 8 nitrogen and oxygen atoms in total. The number of ether oxygens (including phenoxy) is 1. The number of sulfonamides is 1. The zero-order chi connectivity index (χ0) is 28.0. The van der Waals surface area contributed by atoms with E-state index in [-0.39, 0.29) is 35.0 Å². The second kappa shape index (κ2) is 13.2. The van der Waals surface area contributed by atoms with Crippen molar-refractivity contribution in [2.75, 3.05) is 24.2 Å². The van der Waals surface area contributed by atoms with E-state index in [9.17, 15) is 18.0 Å². The van der Waals surface area contributed by atoms with E-state index in [1.165, 1.54) is 24.1 Å². The van der Waals surface area contributed by atoms with Crippen molar-refractivity contribution in [1.29, 1.82) is 0 Å². The van der Waals surface area contributed by atoms with E-state index in [0.29, 0.717) is 15.6 Å². The van der Waals surface area contributed by atoms with E-state index in [1.54, 1.807) is 31.2 Å². The monoisotopic (exact) mass is 603 g/mol. The molecule has 0 aliphatic heterocycles. The summed E-state index contributed by atoms with van der Waals surface area (Å²) in [7, 11) is -2.55. The molecule has 0 unspecified atom stereocenters. The number of hydrogen-bond acceptors (Lipinski definition) is 5. The number of carbonyl (C=O) groups is 2. The van der Waals surface area contributed by atoms with Gasteiger partial charge in [-0.15, -0.1) is 0 Å². The van der Waals surface area contributed by atoms with Gasteiger partial charge in [-0.05, 0) is 55.7 Å². The molecule has 12 heteroatoms.